The van der Waals surface area contributed by atoms with Crippen LogP contribution in [0.1, 0.15) is 23.1 Å². The van der Waals surface area contributed by atoms with Crippen LogP contribution in [0, 0.1) is 28.5 Å². The second-order valence-electron chi connectivity index (χ2n) is 8.97. The average Bonchev–Trinajstić information content (AvgIpc) is 3.40. The molecule has 4 aromatic rings. The van der Waals surface area contributed by atoms with Crippen LogP contribution in [0.3, 0.4) is 0 Å². The first-order chi connectivity index (χ1) is 17.5. The number of aromatic nitrogens is 2. The normalized spacial score (nSPS) is 15.9. The number of aliphatic hydroxyl groups excluding tert-OH is 1. The summed E-state index contributed by atoms with van der Waals surface area (Å²) in [6.45, 7) is 3.30. The Morgan fingerprint density at radius 2 is 1.92 bits per heavy atom. The monoisotopic (exact) mass is 500 g/mol. The number of aliphatic hydroxyl groups is 1. The van der Waals surface area contributed by atoms with Crippen LogP contribution >= 0.6 is 11.3 Å². The molecule has 0 amide bonds. The molecule has 9 heteroatoms. The topological polar surface area (TPSA) is 92.1 Å². The Hall–Kier alpha value is -3.60. The van der Waals surface area contributed by atoms with Crippen LogP contribution in [0.15, 0.2) is 48.7 Å². The highest BCUT2D eigenvalue weighted by atomic mass is 32.1. The van der Waals surface area contributed by atoms with Gasteiger partial charge in [0.25, 0.3) is 0 Å². The summed E-state index contributed by atoms with van der Waals surface area (Å²) in [4.78, 5) is 5.81. The molecule has 3 heterocycles. The van der Waals surface area contributed by atoms with Gasteiger partial charge in [0.15, 0.2) is 0 Å². The van der Waals surface area contributed by atoms with Crippen molar-refractivity contribution in [3.63, 3.8) is 0 Å². The predicted molar refractivity (Wildman–Crippen MR) is 137 cm³/mol. The van der Waals surface area contributed by atoms with Gasteiger partial charge in [0, 0.05) is 60.1 Å². The van der Waals surface area contributed by atoms with Crippen molar-refractivity contribution in [2.45, 2.75) is 12.6 Å². The van der Waals surface area contributed by atoms with Gasteiger partial charge in [0.1, 0.15) is 18.1 Å². The molecular weight excluding hydrogens is 475 g/mol. The van der Waals surface area contributed by atoms with Crippen molar-refractivity contribution in [1.82, 2.24) is 19.6 Å². The summed E-state index contributed by atoms with van der Waals surface area (Å²) in [6.07, 6.45) is 2.00. The van der Waals surface area contributed by atoms with Crippen molar-refractivity contribution in [1.29, 1.82) is 10.5 Å². The number of halogens is 1. The molecule has 7 nitrogen and oxygen atoms in total. The van der Waals surface area contributed by atoms with Gasteiger partial charge in [0.05, 0.1) is 23.7 Å². The lowest BCUT2D eigenvalue weighted by atomic mass is 10.00. The van der Waals surface area contributed by atoms with Gasteiger partial charge in [-0.25, -0.2) is 4.39 Å². The highest BCUT2D eigenvalue weighted by Gasteiger charge is 2.25. The fourth-order valence-corrected chi connectivity index (χ4v) is 5.90. The van der Waals surface area contributed by atoms with Gasteiger partial charge in [-0.05, 0) is 47.9 Å². The average molecular weight is 501 g/mol. The minimum Gasteiger partial charge on any atom is -0.373 e. The van der Waals surface area contributed by atoms with Crippen molar-refractivity contribution in [2.75, 3.05) is 32.7 Å². The van der Waals surface area contributed by atoms with Crippen molar-refractivity contribution < 1.29 is 9.50 Å². The van der Waals surface area contributed by atoms with Gasteiger partial charge in [0.2, 0.25) is 0 Å². The predicted octanol–water partition coefficient (Wildman–Crippen LogP) is 4.50. The molecule has 0 bridgehead atoms. The Morgan fingerprint density at radius 3 is 2.69 bits per heavy atom. The minimum absolute atomic E-state index is 0.000873. The van der Waals surface area contributed by atoms with Gasteiger partial charge < -0.3 is 5.11 Å². The summed E-state index contributed by atoms with van der Waals surface area (Å²) in [6, 6.07) is 16.6. The van der Waals surface area contributed by atoms with Crippen LogP contribution < -0.4 is 0 Å². The summed E-state index contributed by atoms with van der Waals surface area (Å²) < 4.78 is 16.3. The van der Waals surface area contributed by atoms with Gasteiger partial charge in [-0.3, -0.25) is 14.5 Å². The number of nitrogens with zero attached hydrogens (tertiary/aromatic N) is 6. The first-order valence-corrected chi connectivity index (χ1v) is 12.6. The molecule has 1 fully saturated rings. The molecule has 1 saturated heterocycles. The van der Waals surface area contributed by atoms with E-state index in [-0.39, 0.29) is 5.56 Å². The number of nitriles is 2. The van der Waals surface area contributed by atoms with E-state index in [0.717, 1.165) is 51.3 Å². The van der Waals surface area contributed by atoms with E-state index in [1.165, 1.54) is 23.5 Å². The SMILES string of the molecule is Cn1cc2cc(-c3sc(C(O)N4CCCN(CC#N)CC4)cc3-c3ccc(C#N)c(F)c3)ccc2n1. The number of aryl methyl sites for hydroxylation is 1. The Kier molecular flexibility index (Phi) is 6.82. The minimum atomic E-state index is -0.810. The van der Waals surface area contributed by atoms with E-state index in [9.17, 15) is 9.50 Å². The van der Waals surface area contributed by atoms with E-state index in [0.29, 0.717) is 25.2 Å². The van der Waals surface area contributed by atoms with Gasteiger partial charge in [-0.2, -0.15) is 15.6 Å². The number of benzene rings is 2. The van der Waals surface area contributed by atoms with Crippen molar-refractivity contribution in [2.24, 2.45) is 7.05 Å². The van der Waals surface area contributed by atoms with Crippen molar-refractivity contribution >= 4 is 22.2 Å². The number of rotatable bonds is 5. The fraction of sp³-hybridized carbons (Fsp3) is 0.296. The molecule has 0 aliphatic carbocycles. The maximum absolute atomic E-state index is 14.6. The molecule has 1 N–H and O–H groups in total. The standard InChI is InChI=1S/C27H25FN6OS/c1-32-17-21-13-19(5-6-24(21)31-32)26-22(18-3-4-20(16-30)23(28)14-18)15-25(36-26)27(35)34-9-2-8-33(10-7-29)11-12-34/h3-6,13-15,17,27,35H,2,8-12H2,1H3. The molecular formula is C27H25FN6OS. The Bertz CT molecular complexity index is 1500. The first kappa shape index (κ1) is 24.1. The maximum Gasteiger partial charge on any atom is 0.142 e. The Labute approximate surface area is 212 Å². The molecule has 2 aromatic carbocycles. The fourth-order valence-electron chi connectivity index (χ4n) is 4.70. The van der Waals surface area contributed by atoms with Crippen LogP contribution in [0.5, 0.6) is 0 Å². The molecule has 0 radical (unpaired) electrons. The quantitative estimate of drug-likeness (QED) is 0.406. The molecule has 1 atom stereocenters. The Balaban J connectivity index is 1.55. The van der Waals surface area contributed by atoms with E-state index in [1.807, 2.05) is 42.4 Å². The molecule has 2 aromatic heterocycles. The Morgan fingerprint density at radius 1 is 1.08 bits per heavy atom. The van der Waals surface area contributed by atoms with Crippen LogP contribution in [0.25, 0.3) is 32.5 Å². The summed E-state index contributed by atoms with van der Waals surface area (Å²) in [5, 5.41) is 35.0. The van der Waals surface area contributed by atoms with Gasteiger partial charge in [-0.15, -0.1) is 11.3 Å². The van der Waals surface area contributed by atoms with Gasteiger partial charge >= 0.3 is 0 Å². The van der Waals surface area contributed by atoms with Crippen LogP contribution in [-0.2, 0) is 7.05 Å². The largest absolute Gasteiger partial charge is 0.373 e. The lowest BCUT2D eigenvalue weighted by molar-refractivity contribution is 0.00752. The molecule has 0 saturated carbocycles. The highest BCUT2D eigenvalue weighted by Crippen LogP contribution is 2.43. The van der Waals surface area contributed by atoms with E-state index in [1.54, 1.807) is 10.7 Å². The molecule has 0 spiro atoms. The van der Waals surface area contributed by atoms with E-state index < -0.39 is 12.0 Å². The third-order valence-electron chi connectivity index (χ3n) is 6.55. The zero-order chi connectivity index (χ0) is 25.2. The third-order valence-corrected chi connectivity index (χ3v) is 7.77. The second kappa shape index (κ2) is 10.2. The van der Waals surface area contributed by atoms with Crippen LogP contribution in [-0.4, -0.2) is 57.4 Å². The summed E-state index contributed by atoms with van der Waals surface area (Å²) in [7, 11) is 1.88. The zero-order valence-electron chi connectivity index (χ0n) is 19.9. The van der Waals surface area contributed by atoms with Crippen LogP contribution in [0.4, 0.5) is 4.39 Å². The third kappa shape index (κ3) is 4.75. The smallest absolute Gasteiger partial charge is 0.142 e. The lowest BCUT2D eigenvalue weighted by Gasteiger charge is -2.25. The number of hydrogen-bond donors (Lipinski definition) is 1. The van der Waals surface area contributed by atoms with Crippen molar-refractivity contribution in [3.05, 3.63) is 64.9 Å². The molecule has 5 rings (SSSR count). The number of thiophene rings is 1. The second-order valence-corrected chi connectivity index (χ2v) is 10.1. The number of fused-ring (bicyclic) bond motifs is 1. The summed E-state index contributed by atoms with van der Waals surface area (Å²) >= 11 is 1.49. The highest BCUT2D eigenvalue weighted by molar-refractivity contribution is 7.16. The van der Waals surface area contributed by atoms with Crippen LogP contribution in [0.2, 0.25) is 0 Å². The van der Waals surface area contributed by atoms with E-state index in [2.05, 4.69) is 22.1 Å². The maximum atomic E-state index is 14.6. The molecule has 1 aliphatic rings. The molecule has 1 aliphatic heterocycles. The lowest BCUT2D eigenvalue weighted by Crippen LogP contribution is -2.33. The number of hydrogen-bond acceptors (Lipinski definition) is 7. The van der Waals surface area contributed by atoms with Crippen molar-refractivity contribution in [3.8, 4) is 33.7 Å². The van der Waals surface area contributed by atoms with E-state index in [4.69, 9.17) is 10.5 Å². The summed E-state index contributed by atoms with van der Waals surface area (Å²) in [5.74, 6) is -0.568. The molecule has 1 unspecified atom stereocenters. The molecule has 36 heavy (non-hydrogen) atoms. The van der Waals surface area contributed by atoms with E-state index >= 15 is 0 Å². The molecule has 182 valence electrons. The first-order valence-electron chi connectivity index (χ1n) is 11.8. The summed E-state index contributed by atoms with van der Waals surface area (Å²) in [5.41, 5.74) is 3.30. The zero-order valence-corrected chi connectivity index (χ0v) is 20.7. The van der Waals surface area contributed by atoms with Gasteiger partial charge in [-0.1, -0.05) is 12.1 Å².